The van der Waals surface area contributed by atoms with Crippen molar-refractivity contribution in [1.82, 2.24) is 10.2 Å². The Morgan fingerprint density at radius 3 is 2.51 bits per heavy atom. The Hall–Kier alpha value is -2.09. The number of likely N-dealkylation sites (tertiary alicyclic amines) is 1. The van der Waals surface area contributed by atoms with E-state index in [1.807, 2.05) is 31.2 Å². The van der Waals surface area contributed by atoms with Crippen molar-refractivity contribution < 1.29 is 13.2 Å². The molecule has 2 aromatic carbocycles. The highest BCUT2D eigenvalue weighted by Gasteiger charge is 2.27. The molecule has 1 aliphatic heterocycles. The molecule has 1 N–H and O–H groups in total. The van der Waals surface area contributed by atoms with Gasteiger partial charge in [0.25, 0.3) is 10.0 Å². The maximum Gasteiger partial charge on any atom is 0.264 e. The number of halogens is 1. The average molecular weight is 520 g/mol. The summed E-state index contributed by atoms with van der Waals surface area (Å²) in [6.07, 6.45) is 4.18. The van der Waals surface area contributed by atoms with Gasteiger partial charge < -0.3 is 10.2 Å². The Kier molecular flexibility index (Phi) is 9.62. The van der Waals surface area contributed by atoms with E-state index in [-0.39, 0.29) is 17.3 Å². The monoisotopic (exact) mass is 519 g/mol. The van der Waals surface area contributed by atoms with Crippen molar-refractivity contribution in [3.63, 3.8) is 0 Å². The lowest BCUT2D eigenvalue weighted by atomic mass is 9.94. The number of para-hydroxylation sites is 1. The van der Waals surface area contributed by atoms with E-state index in [0.29, 0.717) is 41.6 Å². The van der Waals surface area contributed by atoms with Crippen LogP contribution in [0.3, 0.4) is 0 Å². The fraction of sp³-hybridized carbons (Fsp3) is 0.519. The van der Waals surface area contributed by atoms with Gasteiger partial charge in [0.15, 0.2) is 0 Å². The van der Waals surface area contributed by atoms with Gasteiger partial charge >= 0.3 is 0 Å². The van der Waals surface area contributed by atoms with Gasteiger partial charge in [-0.2, -0.15) is 0 Å². The van der Waals surface area contributed by atoms with Crippen molar-refractivity contribution >= 4 is 33.2 Å². The van der Waals surface area contributed by atoms with E-state index < -0.39 is 10.0 Å². The fourth-order valence-electron chi connectivity index (χ4n) is 4.69. The largest absolute Gasteiger partial charge is 0.356 e. The number of rotatable bonds is 10. The van der Waals surface area contributed by atoms with Crippen LogP contribution in [0.25, 0.3) is 0 Å². The van der Waals surface area contributed by atoms with E-state index in [9.17, 15) is 13.2 Å². The molecule has 35 heavy (non-hydrogen) atoms. The molecule has 0 radical (unpaired) electrons. The molecule has 1 heterocycles. The van der Waals surface area contributed by atoms with Crippen LogP contribution in [0, 0.1) is 19.8 Å². The first-order valence-corrected chi connectivity index (χ1v) is 14.3. The predicted molar refractivity (Wildman–Crippen MR) is 144 cm³/mol. The van der Waals surface area contributed by atoms with E-state index in [2.05, 4.69) is 17.3 Å². The van der Waals surface area contributed by atoms with Crippen LogP contribution in [-0.4, -0.2) is 52.5 Å². The van der Waals surface area contributed by atoms with Crippen LogP contribution < -0.4 is 9.62 Å². The van der Waals surface area contributed by atoms with E-state index >= 15 is 0 Å². The molecule has 1 aliphatic rings. The fourth-order valence-corrected chi connectivity index (χ4v) is 6.71. The number of carbonyl (C=O) groups excluding carboxylic acids is 1. The van der Waals surface area contributed by atoms with Gasteiger partial charge in [-0.1, -0.05) is 29.8 Å². The molecule has 6 nitrogen and oxygen atoms in total. The molecule has 2 aromatic rings. The maximum atomic E-state index is 13.7. The van der Waals surface area contributed by atoms with E-state index in [1.165, 1.54) is 17.1 Å². The summed E-state index contributed by atoms with van der Waals surface area (Å²) in [5.74, 6) is 0.679. The topological polar surface area (TPSA) is 69.7 Å². The van der Waals surface area contributed by atoms with Gasteiger partial charge in [-0.25, -0.2) is 8.42 Å². The minimum Gasteiger partial charge on any atom is -0.356 e. The molecular weight excluding hydrogens is 482 g/mol. The van der Waals surface area contributed by atoms with E-state index in [4.69, 9.17) is 11.6 Å². The zero-order valence-electron chi connectivity index (χ0n) is 21.3. The molecule has 0 aliphatic carbocycles. The molecule has 3 rings (SSSR count). The summed E-state index contributed by atoms with van der Waals surface area (Å²) in [4.78, 5) is 15.1. The molecule has 192 valence electrons. The number of nitrogens with zero attached hydrogens (tertiary/aromatic N) is 2. The highest BCUT2D eigenvalue weighted by atomic mass is 35.5. The molecule has 8 heteroatoms. The summed E-state index contributed by atoms with van der Waals surface area (Å²) in [5.41, 5.74) is 2.78. The average Bonchev–Trinajstić information content (AvgIpc) is 2.82. The van der Waals surface area contributed by atoms with Gasteiger partial charge in [-0.15, -0.1) is 0 Å². The number of hydrogen-bond donors (Lipinski definition) is 1. The van der Waals surface area contributed by atoms with Crippen LogP contribution in [0.1, 0.15) is 49.3 Å². The van der Waals surface area contributed by atoms with Gasteiger partial charge in [0, 0.05) is 24.5 Å². The number of sulfonamides is 1. The molecule has 0 bridgehead atoms. The van der Waals surface area contributed by atoms with Gasteiger partial charge in [0.1, 0.15) is 0 Å². The highest BCUT2D eigenvalue weighted by molar-refractivity contribution is 7.92. The molecule has 1 saturated heterocycles. The van der Waals surface area contributed by atoms with Crippen molar-refractivity contribution in [3.05, 3.63) is 58.1 Å². The minimum absolute atomic E-state index is 0.00260. The Bertz CT molecular complexity index is 1130. The Morgan fingerprint density at radius 2 is 1.83 bits per heavy atom. The van der Waals surface area contributed by atoms with Crippen molar-refractivity contribution in [2.24, 2.45) is 5.92 Å². The molecule has 1 amide bonds. The van der Waals surface area contributed by atoms with Crippen LogP contribution in [0.4, 0.5) is 5.69 Å². The summed E-state index contributed by atoms with van der Waals surface area (Å²) in [5, 5.41) is 3.60. The minimum atomic E-state index is -3.80. The number of aryl methyl sites for hydroxylation is 3. The van der Waals surface area contributed by atoms with Crippen molar-refractivity contribution in [2.45, 2.75) is 57.8 Å². The number of amides is 1. The van der Waals surface area contributed by atoms with Gasteiger partial charge in [-0.05, 0) is 107 Å². The molecule has 0 atom stereocenters. The smallest absolute Gasteiger partial charge is 0.264 e. The second-order valence-electron chi connectivity index (χ2n) is 9.55. The van der Waals surface area contributed by atoms with Crippen LogP contribution in [0.5, 0.6) is 0 Å². The third kappa shape index (κ3) is 6.99. The Labute approximate surface area is 215 Å². The summed E-state index contributed by atoms with van der Waals surface area (Å²) in [7, 11) is -1.64. The number of anilines is 1. The standard InChI is InChI=1S/C27H38ClN3O3S/c1-5-31(35(33,34)26-19-20(2)24(28)18-21(26)3)25-9-7-6-8-23(25)10-11-27(32)29-15-12-22-13-16-30(4)17-14-22/h6-9,18-19,22H,5,10-17H2,1-4H3,(H,29,32). The molecule has 0 spiro atoms. The number of carbonyl (C=O) groups is 1. The lowest BCUT2D eigenvalue weighted by Crippen LogP contribution is -2.33. The summed E-state index contributed by atoms with van der Waals surface area (Å²) in [6, 6.07) is 10.8. The second kappa shape index (κ2) is 12.2. The van der Waals surface area contributed by atoms with Crippen molar-refractivity contribution in [1.29, 1.82) is 0 Å². The normalized spacial score (nSPS) is 15.2. The molecule has 1 fully saturated rings. The zero-order chi connectivity index (χ0) is 25.6. The first-order chi connectivity index (χ1) is 16.6. The summed E-state index contributed by atoms with van der Waals surface area (Å²) in [6.45, 7) is 8.61. The number of hydrogen-bond acceptors (Lipinski definition) is 4. The lowest BCUT2D eigenvalue weighted by molar-refractivity contribution is -0.121. The van der Waals surface area contributed by atoms with Gasteiger partial charge in [0.05, 0.1) is 10.6 Å². The maximum absolute atomic E-state index is 13.7. The first kappa shape index (κ1) is 27.5. The van der Waals surface area contributed by atoms with Crippen LogP contribution in [-0.2, 0) is 21.2 Å². The van der Waals surface area contributed by atoms with Gasteiger partial charge in [0.2, 0.25) is 5.91 Å². The Morgan fingerprint density at radius 1 is 1.14 bits per heavy atom. The highest BCUT2D eigenvalue weighted by Crippen LogP contribution is 2.31. The lowest BCUT2D eigenvalue weighted by Gasteiger charge is -2.28. The predicted octanol–water partition coefficient (Wildman–Crippen LogP) is 4.95. The quantitative estimate of drug-likeness (QED) is 0.482. The van der Waals surface area contributed by atoms with E-state index in [1.54, 1.807) is 26.0 Å². The molecule has 0 saturated carbocycles. The third-order valence-electron chi connectivity index (χ3n) is 6.91. The second-order valence-corrected chi connectivity index (χ2v) is 11.8. The zero-order valence-corrected chi connectivity index (χ0v) is 22.9. The molecule has 0 unspecified atom stereocenters. The number of piperidine rings is 1. The van der Waals surface area contributed by atoms with Gasteiger partial charge in [-0.3, -0.25) is 9.10 Å². The number of nitrogens with one attached hydrogen (secondary N) is 1. The van der Waals surface area contributed by atoms with Crippen LogP contribution in [0.15, 0.2) is 41.3 Å². The number of benzene rings is 2. The molecular formula is C27H38ClN3O3S. The summed E-state index contributed by atoms with van der Waals surface area (Å²) < 4.78 is 28.7. The SMILES string of the molecule is CCN(c1ccccc1CCC(=O)NCCC1CCN(C)CC1)S(=O)(=O)c1cc(C)c(Cl)cc1C. The van der Waals surface area contributed by atoms with E-state index in [0.717, 1.165) is 30.6 Å². The van der Waals surface area contributed by atoms with Crippen LogP contribution >= 0.6 is 11.6 Å². The Balaban J connectivity index is 1.67. The van der Waals surface area contributed by atoms with Crippen LogP contribution in [0.2, 0.25) is 5.02 Å². The van der Waals surface area contributed by atoms with Crippen molar-refractivity contribution in [3.8, 4) is 0 Å². The first-order valence-electron chi connectivity index (χ1n) is 12.5. The summed E-state index contributed by atoms with van der Waals surface area (Å²) >= 11 is 6.20. The third-order valence-corrected chi connectivity index (χ3v) is 9.34. The van der Waals surface area contributed by atoms with Crippen molar-refractivity contribution in [2.75, 3.05) is 37.5 Å². The molecule has 0 aromatic heterocycles.